The molecule has 0 spiro atoms. The molecule has 0 amide bonds. The molecule has 3 atom stereocenters. The number of hydrogen-bond acceptors (Lipinski definition) is 2. The molecule has 0 radical (unpaired) electrons. The Labute approximate surface area is 71.4 Å². The van der Waals surface area contributed by atoms with Crippen molar-refractivity contribution in [2.75, 3.05) is 13.1 Å². The van der Waals surface area contributed by atoms with Crippen LogP contribution in [0, 0.1) is 0 Å². The molecule has 11 heavy (non-hydrogen) atoms. The molecular weight excluding hydrogens is 162 g/mol. The van der Waals surface area contributed by atoms with E-state index in [1.54, 1.807) is 0 Å². The number of fused-ring (bicyclic) bond motifs is 1. The summed E-state index contributed by atoms with van der Waals surface area (Å²) < 4.78 is 0. The zero-order valence-corrected chi connectivity index (χ0v) is 7.09. The number of nitrogens with zero attached hydrogens (tertiary/aromatic N) is 1. The molecule has 1 unspecified atom stereocenters. The van der Waals surface area contributed by atoms with Crippen LogP contribution < -0.4 is 0 Å². The molecule has 3 heteroatoms. The van der Waals surface area contributed by atoms with Crippen molar-refractivity contribution in [2.24, 2.45) is 0 Å². The van der Waals surface area contributed by atoms with E-state index in [2.05, 4.69) is 11.5 Å². The molecule has 62 valence electrons. The molecule has 2 fully saturated rings. The van der Waals surface area contributed by atoms with Gasteiger partial charge in [-0.3, -0.25) is 4.90 Å². The maximum absolute atomic E-state index is 9.53. The third kappa shape index (κ3) is 1.01. The highest BCUT2D eigenvalue weighted by Gasteiger charge is 2.42. The Hall–Kier alpha value is -0.0500. The lowest BCUT2D eigenvalue weighted by Gasteiger charge is -2.16. The van der Waals surface area contributed by atoms with E-state index in [0.717, 1.165) is 25.1 Å². The molecule has 2 saturated heterocycles. The summed E-state index contributed by atoms with van der Waals surface area (Å²) in [6, 6.07) is 0.150. The molecule has 0 aromatic heterocycles. The van der Waals surface area contributed by atoms with Crippen LogP contribution >= 0.6 is 11.6 Å². The molecule has 2 rings (SSSR count). The fourth-order valence-electron chi connectivity index (χ4n) is 2.03. The first kappa shape index (κ1) is 7.59. The van der Waals surface area contributed by atoms with Gasteiger partial charge in [0.25, 0.3) is 0 Å². The molecule has 2 heterocycles. The maximum Gasteiger partial charge on any atom is 0.0746 e. The van der Waals surface area contributed by atoms with Gasteiger partial charge < -0.3 is 5.11 Å². The Morgan fingerprint density at radius 1 is 1.64 bits per heavy atom. The smallest absolute Gasteiger partial charge is 0.0746 e. The van der Waals surface area contributed by atoms with E-state index in [0.29, 0.717) is 0 Å². The zero-order valence-electron chi connectivity index (χ0n) is 6.33. The fourth-order valence-corrected chi connectivity index (χ4v) is 2.34. The van der Waals surface area contributed by atoms with E-state index in [1.807, 2.05) is 0 Å². The number of aliphatic hydroxyl groups excluding tert-OH is 1. The topological polar surface area (TPSA) is 23.5 Å². The normalized spacial score (nSPS) is 44.9. The van der Waals surface area contributed by atoms with Crippen LogP contribution in [0.25, 0.3) is 0 Å². The lowest BCUT2D eigenvalue weighted by atomic mass is 10.1. The molecule has 2 aliphatic heterocycles. The highest BCUT2D eigenvalue weighted by Crippen LogP contribution is 2.34. The van der Waals surface area contributed by atoms with Gasteiger partial charge in [-0.05, 0) is 12.0 Å². The SMILES string of the molecule is C=C1C(Cl)CN2CC[C@@H](O)[C@@H]12. The van der Waals surface area contributed by atoms with Crippen molar-refractivity contribution in [1.82, 2.24) is 4.90 Å². The number of rotatable bonds is 0. The summed E-state index contributed by atoms with van der Waals surface area (Å²) in [5.74, 6) is 0. The summed E-state index contributed by atoms with van der Waals surface area (Å²) in [5.41, 5.74) is 0.997. The summed E-state index contributed by atoms with van der Waals surface area (Å²) in [7, 11) is 0. The highest BCUT2D eigenvalue weighted by atomic mass is 35.5. The van der Waals surface area contributed by atoms with Crippen LogP contribution in [0.4, 0.5) is 0 Å². The lowest BCUT2D eigenvalue weighted by molar-refractivity contribution is 0.151. The van der Waals surface area contributed by atoms with E-state index in [-0.39, 0.29) is 17.5 Å². The minimum atomic E-state index is -0.230. The average Bonchev–Trinajstić information content (AvgIpc) is 2.41. The molecule has 0 bridgehead atoms. The maximum atomic E-state index is 9.53. The molecule has 0 saturated carbocycles. The number of aliphatic hydroxyl groups is 1. The van der Waals surface area contributed by atoms with Gasteiger partial charge in [0, 0.05) is 13.1 Å². The van der Waals surface area contributed by atoms with E-state index < -0.39 is 0 Å². The van der Waals surface area contributed by atoms with Crippen LogP contribution in [0.1, 0.15) is 6.42 Å². The van der Waals surface area contributed by atoms with Crippen LogP contribution in [0.5, 0.6) is 0 Å². The van der Waals surface area contributed by atoms with Crippen molar-refractivity contribution >= 4 is 11.6 Å². The van der Waals surface area contributed by atoms with Crippen LogP contribution in [0.2, 0.25) is 0 Å². The van der Waals surface area contributed by atoms with Gasteiger partial charge in [-0.15, -0.1) is 11.6 Å². The first-order valence-electron chi connectivity index (χ1n) is 3.95. The number of alkyl halides is 1. The fraction of sp³-hybridized carbons (Fsp3) is 0.750. The molecule has 2 aliphatic rings. The van der Waals surface area contributed by atoms with Gasteiger partial charge in [0.1, 0.15) is 0 Å². The Balaban J connectivity index is 2.20. The van der Waals surface area contributed by atoms with Gasteiger partial charge in [-0.2, -0.15) is 0 Å². The van der Waals surface area contributed by atoms with Crippen LogP contribution in [0.3, 0.4) is 0 Å². The van der Waals surface area contributed by atoms with E-state index in [1.165, 1.54) is 0 Å². The molecular formula is C8H12ClNO. The van der Waals surface area contributed by atoms with Gasteiger partial charge >= 0.3 is 0 Å². The van der Waals surface area contributed by atoms with Crippen LogP contribution in [-0.2, 0) is 0 Å². The van der Waals surface area contributed by atoms with E-state index in [4.69, 9.17) is 11.6 Å². The summed E-state index contributed by atoms with van der Waals surface area (Å²) in [6.07, 6.45) is 0.638. The predicted octanol–water partition coefficient (Wildman–Crippen LogP) is 0.599. The van der Waals surface area contributed by atoms with Gasteiger partial charge in [0.2, 0.25) is 0 Å². The third-order valence-corrected chi connectivity index (χ3v) is 3.07. The van der Waals surface area contributed by atoms with Crippen molar-refractivity contribution in [3.8, 4) is 0 Å². The quantitative estimate of drug-likeness (QED) is 0.429. The Bertz CT molecular complexity index is 195. The zero-order chi connectivity index (χ0) is 8.01. The first-order chi connectivity index (χ1) is 5.20. The third-order valence-electron chi connectivity index (χ3n) is 2.65. The Kier molecular flexibility index (Phi) is 1.71. The predicted molar refractivity (Wildman–Crippen MR) is 44.8 cm³/mol. The average molecular weight is 174 g/mol. The van der Waals surface area contributed by atoms with E-state index in [9.17, 15) is 5.11 Å². The van der Waals surface area contributed by atoms with E-state index >= 15 is 0 Å². The van der Waals surface area contributed by atoms with Crippen molar-refractivity contribution in [1.29, 1.82) is 0 Å². The molecule has 2 nitrogen and oxygen atoms in total. The van der Waals surface area contributed by atoms with Gasteiger partial charge in [0.05, 0.1) is 17.5 Å². The first-order valence-corrected chi connectivity index (χ1v) is 4.38. The largest absolute Gasteiger partial charge is 0.391 e. The second-order valence-corrected chi connectivity index (χ2v) is 3.87. The minimum Gasteiger partial charge on any atom is -0.391 e. The van der Waals surface area contributed by atoms with Gasteiger partial charge in [-0.25, -0.2) is 0 Å². The Morgan fingerprint density at radius 2 is 2.36 bits per heavy atom. The van der Waals surface area contributed by atoms with Crippen molar-refractivity contribution < 1.29 is 5.11 Å². The monoisotopic (exact) mass is 173 g/mol. The molecule has 0 aliphatic carbocycles. The second kappa shape index (κ2) is 2.47. The lowest BCUT2D eigenvalue weighted by Crippen LogP contribution is -2.29. The van der Waals surface area contributed by atoms with Gasteiger partial charge in [0.15, 0.2) is 0 Å². The van der Waals surface area contributed by atoms with Gasteiger partial charge in [-0.1, -0.05) is 6.58 Å². The number of hydrogen-bond donors (Lipinski definition) is 1. The van der Waals surface area contributed by atoms with Crippen molar-refractivity contribution in [2.45, 2.75) is 23.9 Å². The summed E-state index contributed by atoms with van der Waals surface area (Å²) in [5, 5.41) is 9.58. The second-order valence-electron chi connectivity index (χ2n) is 3.34. The summed E-state index contributed by atoms with van der Waals surface area (Å²) >= 11 is 5.98. The van der Waals surface area contributed by atoms with Crippen molar-refractivity contribution in [3.63, 3.8) is 0 Å². The highest BCUT2D eigenvalue weighted by molar-refractivity contribution is 6.22. The van der Waals surface area contributed by atoms with Crippen molar-refractivity contribution in [3.05, 3.63) is 12.2 Å². The molecule has 0 aromatic carbocycles. The summed E-state index contributed by atoms with van der Waals surface area (Å²) in [6.45, 7) is 5.72. The molecule has 0 aromatic rings. The Morgan fingerprint density at radius 3 is 3.00 bits per heavy atom. The minimum absolute atomic E-state index is 0.0509. The number of halogens is 1. The van der Waals surface area contributed by atoms with Crippen LogP contribution in [0.15, 0.2) is 12.2 Å². The molecule has 1 N–H and O–H groups in total. The summed E-state index contributed by atoms with van der Waals surface area (Å²) in [4.78, 5) is 2.21. The van der Waals surface area contributed by atoms with Crippen LogP contribution in [-0.4, -0.2) is 40.6 Å². The standard InChI is InChI=1S/C8H12ClNO/c1-5-6(9)4-10-3-2-7(11)8(5)10/h6-8,11H,1-4H2/t6?,7-,8-/m1/s1.